The summed E-state index contributed by atoms with van der Waals surface area (Å²) in [6.45, 7) is 3.08. The summed E-state index contributed by atoms with van der Waals surface area (Å²) >= 11 is 0. The molecule has 0 radical (unpaired) electrons. The maximum Gasteiger partial charge on any atom is 0.327 e. The minimum atomic E-state index is -3.70. The van der Waals surface area contributed by atoms with Gasteiger partial charge >= 0.3 is 5.97 Å². The third-order valence-corrected chi connectivity index (χ3v) is 6.05. The number of benzene rings is 1. The van der Waals surface area contributed by atoms with Gasteiger partial charge in [-0.05, 0) is 43.7 Å². The average molecular weight is 355 g/mol. The zero-order valence-electron chi connectivity index (χ0n) is 13.9. The Bertz CT molecular complexity index is 740. The van der Waals surface area contributed by atoms with E-state index in [-0.39, 0.29) is 18.8 Å². The van der Waals surface area contributed by atoms with Crippen LogP contribution in [0.2, 0.25) is 0 Å². The van der Waals surface area contributed by atoms with Crippen molar-refractivity contribution in [2.24, 2.45) is 5.16 Å². The lowest BCUT2D eigenvalue weighted by Gasteiger charge is -2.27. The van der Waals surface area contributed by atoms with E-state index in [0.717, 1.165) is 11.8 Å². The molecule has 2 unspecified atom stereocenters. The molecule has 2 atom stereocenters. The van der Waals surface area contributed by atoms with Crippen LogP contribution in [-0.4, -0.2) is 48.9 Å². The number of carbonyl (C=O) groups is 1. The molecule has 24 heavy (non-hydrogen) atoms. The summed E-state index contributed by atoms with van der Waals surface area (Å²) in [4.78, 5) is 17.5. The first kappa shape index (κ1) is 18.3. The molecule has 1 aliphatic heterocycles. The van der Waals surface area contributed by atoms with E-state index in [4.69, 9.17) is 9.57 Å². The first-order chi connectivity index (χ1) is 11.2. The van der Waals surface area contributed by atoms with Gasteiger partial charge in [-0.3, -0.25) is 4.79 Å². The number of rotatable bonds is 6. The number of aromatic hydroxyl groups is 1. The van der Waals surface area contributed by atoms with Gasteiger partial charge in [0.2, 0.25) is 0 Å². The van der Waals surface area contributed by atoms with Crippen molar-refractivity contribution in [1.82, 2.24) is 0 Å². The molecule has 1 heterocycles. The highest BCUT2D eigenvalue weighted by atomic mass is 32.2. The molecule has 0 saturated carbocycles. The van der Waals surface area contributed by atoms with E-state index in [9.17, 15) is 18.3 Å². The Morgan fingerprint density at radius 1 is 1.42 bits per heavy atom. The smallest absolute Gasteiger partial charge is 0.327 e. The lowest BCUT2D eigenvalue weighted by Crippen LogP contribution is -2.47. The first-order valence-corrected chi connectivity index (χ1v) is 9.45. The highest BCUT2D eigenvalue weighted by Crippen LogP contribution is 2.30. The number of esters is 1. The molecule has 1 aromatic rings. The van der Waals surface area contributed by atoms with Crippen LogP contribution in [0.3, 0.4) is 0 Å². The highest BCUT2D eigenvalue weighted by Gasteiger charge is 2.48. The number of oxime groups is 1. The van der Waals surface area contributed by atoms with Crippen molar-refractivity contribution in [3.05, 3.63) is 29.8 Å². The molecule has 132 valence electrons. The van der Waals surface area contributed by atoms with Gasteiger partial charge in [-0.25, -0.2) is 8.42 Å². The van der Waals surface area contributed by atoms with E-state index in [1.165, 1.54) is 19.1 Å². The van der Waals surface area contributed by atoms with Crippen molar-refractivity contribution in [1.29, 1.82) is 0 Å². The lowest BCUT2D eigenvalue weighted by molar-refractivity contribution is -0.146. The van der Waals surface area contributed by atoms with Gasteiger partial charge in [0.25, 0.3) is 0 Å². The summed E-state index contributed by atoms with van der Waals surface area (Å²) in [5.41, 5.74) is 1.41. The second-order valence-corrected chi connectivity index (χ2v) is 8.39. The Balaban J connectivity index is 2.13. The van der Waals surface area contributed by atoms with Crippen LogP contribution < -0.4 is 0 Å². The molecule has 8 heteroatoms. The number of carbonyl (C=O) groups excluding carboxylic acids is 1. The Morgan fingerprint density at radius 2 is 2.04 bits per heavy atom. The van der Waals surface area contributed by atoms with E-state index in [0.29, 0.717) is 12.1 Å². The molecule has 0 amide bonds. The summed E-state index contributed by atoms with van der Waals surface area (Å²) in [5, 5.41) is 13.3. The van der Waals surface area contributed by atoms with Crippen molar-refractivity contribution in [2.75, 3.05) is 12.9 Å². The molecule has 0 saturated heterocycles. The molecule has 0 bridgehead atoms. The topological polar surface area (TPSA) is 102 Å². The number of hydrogen-bond acceptors (Lipinski definition) is 7. The van der Waals surface area contributed by atoms with E-state index < -0.39 is 26.7 Å². The average Bonchev–Trinajstić information content (AvgIpc) is 2.95. The summed E-state index contributed by atoms with van der Waals surface area (Å²) in [6.07, 6.45) is 0.795. The van der Waals surface area contributed by atoms with Crippen LogP contribution in [0.4, 0.5) is 0 Å². The molecule has 0 aliphatic carbocycles. The van der Waals surface area contributed by atoms with Gasteiger partial charge in [0.15, 0.2) is 14.6 Å². The van der Waals surface area contributed by atoms with Gasteiger partial charge in [0.05, 0.1) is 12.3 Å². The molecule has 0 spiro atoms. The van der Waals surface area contributed by atoms with Crippen LogP contribution in [0.1, 0.15) is 32.3 Å². The Kier molecular flexibility index (Phi) is 5.17. The van der Waals surface area contributed by atoms with Crippen LogP contribution >= 0.6 is 0 Å². The third kappa shape index (κ3) is 3.69. The van der Waals surface area contributed by atoms with Crippen LogP contribution in [0, 0.1) is 0 Å². The maximum atomic E-state index is 12.2. The van der Waals surface area contributed by atoms with Crippen molar-refractivity contribution >= 4 is 21.5 Å². The summed E-state index contributed by atoms with van der Waals surface area (Å²) in [5.74, 6) is -0.643. The fourth-order valence-corrected chi connectivity index (χ4v) is 3.32. The van der Waals surface area contributed by atoms with Crippen molar-refractivity contribution in [3.8, 4) is 5.75 Å². The number of phenolic OH excluding ortho intramolecular Hbond substituents is 1. The molecular weight excluding hydrogens is 334 g/mol. The van der Waals surface area contributed by atoms with Gasteiger partial charge in [0, 0.05) is 19.1 Å². The zero-order valence-corrected chi connectivity index (χ0v) is 14.7. The second kappa shape index (κ2) is 6.80. The fraction of sp³-hybridized carbons (Fsp3) is 0.500. The summed E-state index contributed by atoms with van der Waals surface area (Å²) < 4.78 is 27.5. The first-order valence-electron chi connectivity index (χ1n) is 7.56. The lowest BCUT2D eigenvalue weighted by atomic mass is 9.97. The molecule has 2 rings (SSSR count). The van der Waals surface area contributed by atoms with Crippen molar-refractivity contribution in [2.45, 2.75) is 37.5 Å². The molecule has 1 aromatic carbocycles. The standard InChI is InChI=1S/C16H21NO6S/c1-4-22-15(19)16(2,24(3,20)21)10-13-9-14(17-23-13)11-5-7-12(18)8-6-11/h5-8,13,18H,4,9-10H2,1-3H3. The molecule has 7 nitrogen and oxygen atoms in total. The van der Waals surface area contributed by atoms with Gasteiger partial charge < -0.3 is 14.7 Å². The molecule has 1 aliphatic rings. The maximum absolute atomic E-state index is 12.2. The number of hydrogen-bond donors (Lipinski definition) is 1. The highest BCUT2D eigenvalue weighted by molar-refractivity contribution is 7.92. The number of sulfone groups is 1. The van der Waals surface area contributed by atoms with Crippen molar-refractivity contribution in [3.63, 3.8) is 0 Å². The van der Waals surface area contributed by atoms with Crippen LogP contribution in [0.25, 0.3) is 0 Å². The van der Waals surface area contributed by atoms with E-state index in [1.54, 1.807) is 19.1 Å². The van der Waals surface area contributed by atoms with Gasteiger partial charge in [-0.1, -0.05) is 5.16 Å². The minimum absolute atomic E-state index is 0.0459. The van der Waals surface area contributed by atoms with Crippen LogP contribution in [0.15, 0.2) is 29.4 Å². The monoisotopic (exact) mass is 355 g/mol. The normalized spacial score (nSPS) is 20.0. The third-order valence-electron chi connectivity index (χ3n) is 4.08. The Morgan fingerprint density at radius 3 is 2.58 bits per heavy atom. The Labute approximate surface area is 141 Å². The van der Waals surface area contributed by atoms with Gasteiger partial charge in [-0.2, -0.15) is 0 Å². The SMILES string of the molecule is CCOC(=O)C(C)(CC1CC(c2ccc(O)cc2)=NO1)S(C)(=O)=O. The molecule has 1 N–H and O–H groups in total. The number of phenols is 1. The minimum Gasteiger partial charge on any atom is -0.508 e. The van der Waals surface area contributed by atoms with Crippen molar-refractivity contribution < 1.29 is 27.9 Å². The largest absolute Gasteiger partial charge is 0.508 e. The van der Waals surface area contributed by atoms with Gasteiger partial charge in [0.1, 0.15) is 11.9 Å². The second-order valence-electron chi connectivity index (χ2n) is 5.94. The molecule has 0 aromatic heterocycles. The Hall–Kier alpha value is -2.09. The van der Waals surface area contributed by atoms with E-state index >= 15 is 0 Å². The predicted molar refractivity (Wildman–Crippen MR) is 88.6 cm³/mol. The van der Waals surface area contributed by atoms with E-state index in [1.807, 2.05) is 0 Å². The summed E-state index contributed by atoms with van der Waals surface area (Å²) in [6, 6.07) is 6.46. The molecule has 0 fully saturated rings. The number of nitrogens with zero attached hydrogens (tertiary/aromatic N) is 1. The predicted octanol–water partition coefficient (Wildman–Crippen LogP) is 1.64. The van der Waals surface area contributed by atoms with Gasteiger partial charge in [-0.15, -0.1) is 0 Å². The van der Waals surface area contributed by atoms with Crippen LogP contribution in [-0.2, 0) is 24.2 Å². The van der Waals surface area contributed by atoms with Crippen LogP contribution in [0.5, 0.6) is 5.75 Å². The summed E-state index contributed by atoms with van der Waals surface area (Å²) in [7, 11) is -3.70. The van der Waals surface area contributed by atoms with E-state index in [2.05, 4.69) is 5.16 Å². The zero-order chi connectivity index (χ0) is 18.0. The molecular formula is C16H21NO6S. The number of ether oxygens (including phenoxy) is 1. The quantitative estimate of drug-likeness (QED) is 0.778. The fourth-order valence-electron chi connectivity index (χ4n) is 2.47.